The molecular formula is C15H18ClN3O. The van der Waals surface area contributed by atoms with Gasteiger partial charge in [-0.05, 0) is 24.1 Å². The summed E-state index contributed by atoms with van der Waals surface area (Å²) in [6.45, 7) is 4.26. The summed E-state index contributed by atoms with van der Waals surface area (Å²) in [6, 6.07) is 6.02. The van der Waals surface area contributed by atoms with E-state index in [0.717, 1.165) is 28.9 Å². The van der Waals surface area contributed by atoms with Gasteiger partial charge >= 0.3 is 0 Å². The first-order chi connectivity index (χ1) is 9.15. The summed E-state index contributed by atoms with van der Waals surface area (Å²) in [4.78, 5) is 19.5. The zero-order chi connectivity index (χ0) is 13.4. The molecule has 0 spiro atoms. The van der Waals surface area contributed by atoms with E-state index < -0.39 is 0 Å². The normalized spacial score (nSPS) is 17.4. The van der Waals surface area contributed by atoms with Crippen molar-refractivity contribution in [2.45, 2.75) is 26.3 Å². The van der Waals surface area contributed by atoms with Gasteiger partial charge in [-0.15, -0.1) is 12.4 Å². The number of carbonyl (C=O) groups excluding carboxylic acids is 1. The van der Waals surface area contributed by atoms with Gasteiger partial charge in [0.2, 0.25) is 0 Å². The van der Waals surface area contributed by atoms with E-state index >= 15 is 0 Å². The Morgan fingerprint density at radius 1 is 1.30 bits per heavy atom. The van der Waals surface area contributed by atoms with Crippen LogP contribution in [-0.4, -0.2) is 21.9 Å². The standard InChI is InChI=1S/C15H17N3O.ClH/c1-9(2)12-8-14-11(15(19)18-12)7-13(17-14)10-3-5-16-6-4-10;/h3-7,9,12,17H,8H2,1-2H3,(H,18,19);1H. The predicted molar refractivity (Wildman–Crippen MR) is 81.1 cm³/mol. The molecule has 0 fully saturated rings. The van der Waals surface area contributed by atoms with Gasteiger partial charge in [-0.25, -0.2) is 0 Å². The first-order valence-corrected chi connectivity index (χ1v) is 6.58. The fourth-order valence-corrected chi connectivity index (χ4v) is 2.47. The maximum atomic E-state index is 12.1. The molecule has 2 N–H and O–H groups in total. The summed E-state index contributed by atoms with van der Waals surface area (Å²) in [5, 5.41) is 3.07. The van der Waals surface area contributed by atoms with Crippen LogP contribution in [-0.2, 0) is 6.42 Å². The van der Waals surface area contributed by atoms with Crippen LogP contribution in [0.2, 0.25) is 0 Å². The lowest BCUT2D eigenvalue weighted by atomic mass is 9.94. The van der Waals surface area contributed by atoms with Crippen molar-refractivity contribution in [3.8, 4) is 11.3 Å². The van der Waals surface area contributed by atoms with Crippen LogP contribution in [0.1, 0.15) is 29.9 Å². The van der Waals surface area contributed by atoms with Crippen molar-refractivity contribution in [1.82, 2.24) is 15.3 Å². The summed E-state index contributed by atoms with van der Waals surface area (Å²) in [5.74, 6) is 0.460. The summed E-state index contributed by atoms with van der Waals surface area (Å²) >= 11 is 0. The molecule has 1 aliphatic heterocycles. The summed E-state index contributed by atoms with van der Waals surface area (Å²) < 4.78 is 0. The number of aromatic nitrogens is 2. The minimum absolute atomic E-state index is 0. The van der Waals surface area contributed by atoms with E-state index in [1.165, 1.54) is 0 Å². The van der Waals surface area contributed by atoms with Crippen molar-refractivity contribution < 1.29 is 4.79 Å². The van der Waals surface area contributed by atoms with Gasteiger partial charge in [0.25, 0.3) is 5.91 Å². The Balaban J connectivity index is 0.00000147. The average Bonchev–Trinajstić information content (AvgIpc) is 2.84. The Bertz CT molecular complexity index is 607. The third kappa shape index (κ3) is 2.56. The number of aromatic amines is 1. The van der Waals surface area contributed by atoms with E-state index in [1.807, 2.05) is 18.2 Å². The number of fused-ring (bicyclic) bond motifs is 1. The van der Waals surface area contributed by atoms with E-state index in [1.54, 1.807) is 12.4 Å². The fourth-order valence-electron chi connectivity index (χ4n) is 2.47. The molecule has 106 valence electrons. The molecule has 1 amide bonds. The van der Waals surface area contributed by atoms with E-state index in [9.17, 15) is 4.79 Å². The molecular weight excluding hydrogens is 274 g/mol. The maximum absolute atomic E-state index is 12.1. The summed E-state index contributed by atoms with van der Waals surface area (Å²) in [7, 11) is 0. The second-order valence-electron chi connectivity index (χ2n) is 5.34. The lowest BCUT2D eigenvalue weighted by Gasteiger charge is -2.26. The number of halogens is 1. The molecule has 1 atom stereocenters. The van der Waals surface area contributed by atoms with Gasteiger partial charge in [0.15, 0.2) is 0 Å². The van der Waals surface area contributed by atoms with Gasteiger partial charge in [-0.2, -0.15) is 0 Å². The predicted octanol–water partition coefficient (Wildman–Crippen LogP) is 2.81. The topological polar surface area (TPSA) is 57.8 Å². The molecule has 2 aromatic rings. The van der Waals surface area contributed by atoms with Crippen molar-refractivity contribution >= 4 is 18.3 Å². The zero-order valence-electron chi connectivity index (χ0n) is 11.5. The highest BCUT2D eigenvalue weighted by Crippen LogP contribution is 2.26. The monoisotopic (exact) mass is 291 g/mol. The molecule has 1 unspecified atom stereocenters. The van der Waals surface area contributed by atoms with Gasteiger partial charge in [0, 0.05) is 41.8 Å². The van der Waals surface area contributed by atoms with Crippen LogP contribution >= 0.6 is 12.4 Å². The number of hydrogen-bond donors (Lipinski definition) is 2. The van der Waals surface area contributed by atoms with E-state index in [0.29, 0.717) is 5.92 Å². The zero-order valence-corrected chi connectivity index (χ0v) is 12.3. The molecule has 0 bridgehead atoms. The fraction of sp³-hybridized carbons (Fsp3) is 0.333. The van der Waals surface area contributed by atoms with Gasteiger partial charge in [0.1, 0.15) is 0 Å². The van der Waals surface area contributed by atoms with Crippen LogP contribution in [0.5, 0.6) is 0 Å². The van der Waals surface area contributed by atoms with Crippen molar-refractivity contribution in [3.63, 3.8) is 0 Å². The van der Waals surface area contributed by atoms with Crippen molar-refractivity contribution in [1.29, 1.82) is 0 Å². The molecule has 20 heavy (non-hydrogen) atoms. The first-order valence-electron chi connectivity index (χ1n) is 6.58. The molecule has 0 aliphatic carbocycles. The molecule has 0 saturated carbocycles. The number of carbonyl (C=O) groups is 1. The Morgan fingerprint density at radius 3 is 2.65 bits per heavy atom. The molecule has 5 heteroatoms. The van der Waals surface area contributed by atoms with E-state index in [-0.39, 0.29) is 24.4 Å². The summed E-state index contributed by atoms with van der Waals surface area (Å²) in [6.07, 6.45) is 4.38. The number of nitrogens with zero attached hydrogens (tertiary/aromatic N) is 1. The highest BCUT2D eigenvalue weighted by molar-refractivity contribution is 5.98. The van der Waals surface area contributed by atoms with Crippen molar-refractivity contribution in [3.05, 3.63) is 41.9 Å². The Hall–Kier alpha value is -1.81. The minimum atomic E-state index is 0. The van der Waals surface area contributed by atoms with Crippen LogP contribution in [0.15, 0.2) is 30.6 Å². The minimum Gasteiger partial charge on any atom is -0.358 e. The number of hydrogen-bond acceptors (Lipinski definition) is 2. The maximum Gasteiger partial charge on any atom is 0.253 e. The highest BCUT2D eigenvalue weighted by atomic mass is 35.5. The van der Waals surface area contributed by atoms with E-state index in [4.69, 9.17) is 0 Å². The Kier molecular flexibility index (Phi) is 4.14. The molecule has 0 radical (unpaired) electrons. The SMILES string of the molecule is CC(C)C1Cc2[nH]c(-c3ccncc3)cc2C(=O)N1.Cl. The van der Waals surface area contributed by atoms with Crippen LogP contribution in [0.25, 0.3) is 11.3 Å². The number of rotatable bonds is 2. The van der Waals surface area contributed by atoms with Crippen LogP contribution < -0.4 is 5.32 Å². The number of nitrogens with one attached hydrogen (secondary N) is 2. The van der Waals surface area contributed by atoms with Crippen LogP contribution in [0, 0.1) is 5.92 Å². The third-order valence-electron chi connectivity index (χ3n) is 3.68. The second-order valence-corrected chi connectivity index (χ2v) is 5.34. The van der Waals surface area contributed by atoms with Crippen LogP contribution in [0.4, 0.5) is 0 Å². The number of pyridine rings is 1. The van der Waals surface area contributed by atoms with E-state index in [2.05, 4.69) is 29.1 Å². The lowest BCUT2D eigenvalue weighted by molar-refractivity contribution is 0.0912. The smallest absolute Gasteiger partial charge is 0.253 e. The van der Waals surface area contributed by atoms with Gasteiger partial charge in [0.05, 0.1) is 5.56 Å². The Labute approximate surface area is 124 Å². The van der Waals surface area contributed by atoms with Gasteiger partial charge < -0.3 is 10.3 Å². The van der Waals surface area contributed by atoms with Gasteiger partial charge in [-0.1, -0.05) is 13.8 Å². The van der Waals surface area contributed by atoms with Gasteiger partial charge in [-0.3, -0.25) is 9.78 Å². The van der Waals surface area contributed by atoms with Crippen molar-refractivity contribution in [2.24, 2.45) is 5.92 Å². The third-order valence-corrected chi connectivity index (χ3v) is 3.68. The largest absolute Gasteiger partial charge is 0.358 e. The molecule has 1 aliphatic rings. The number of amides is 1. The summed E-state index contributed by atoms with van der Waals surface area (Å²) in [5.41, 5.74) is 3.84. The second kappa shape index (κ2) is 5.67. The molecule has 0 aromatic carbocycles. The Morgan fingerprint density at radius 2 is 2.00 bits per heavy atom. The number of H-pyrrole nitrogens is 1. The molecule has 3 rings (SSSR count). The highest BCUT2D eigenvalue weighted by Gasteiger charge is 2.28. The lowest BCUT2D eigenvalue weighted by Crippen LogP contribution is -2.44. The molecule has 4 nitrogen and oxygen atoms in total. The molecule has 0 saturated heterocycles. The molecule has 3 heterocycles. The van der Waals surface area contributed by atoms with Crippen LogP contribution in [0.3, 0.4) is 0 Å². The first kappa shape index (κ1) is 14.6. The van der Waals surface area contributed by atoms with Crippen molar-refractivity contribution in [2.75, 3.05) is 0 Å². The quantitative estimate of drug-likeness (QED) is 0.894. The molecule has 2 aromatic heterocycles. The average molecular weight is 292 g/mol.